The van der Waals surface area contributed by atoms with E-state index in [-0.39, 0.29) is 12.4 Å². The molecule has 1 N–H and O–H groups in total. The highest BCUT2D eigenvalue weighted by molar-refractivity contribution is 5.63. The van der Waals surface area contributed by atoms with Gasteiger partial charge in [-0.1, -0.05) is 18.2 Å². The molecule has 0 saturated heterocycles. The molecule has 1 heterocycles. The SMILES string of the molecule is CNc1cccc(C2CC2)c1COc1ccc(-c2cccc(C)n2)cc1C(F)(F)F. The van der Waals surface area contributed by atoms with E-state index in [9.17, 15) is 13.2 Å². The molecule has 0 spiro atoms. The summed E-state index contributed by atoms with van der Waals surface area (Å²) in [6.07, 6.45) is -2.32. The molecule has 0 amide bonds. The average Bonchev–Trinajstić information content (AvgIpc) is 3.56. The molecular formula is C24H23F3N2O. The zero-order chi connectivity index (χ0) is 21.3. The van der Waals surface area contributed by atoms with Gasteiger partial charge in [-0.3, -0.25) is 4.98 Å². The molecule has 30 heavy (non-hydrogen) atoms. The zero-order valence-electron chi connectivity index (χ0n) is 16.9. The standard InChI is InChI=1S/C24H23F3N2O/c1-15-5-3-7-21(29-15)17-11-12-23(20(13-17)24(25,26)27)30-14-19-18(16-9-10-16)6-4-8-22(19)28-2/h3-8,11-13,16,28H,9-10,14H2,1-2H3. The first-order chi connectivity index (χ1) is 14.4. The molecule has 3 nitrogen and oxygen atoms in total. The molecule has 0 bridgehead atoms. The van der Waals surface area contributed by atoms with Crippen LogP contribution in [-0.2, 0) is 12.8 Å². The molecular weight excluding hydrogens is 389 g/mol. The summed E-state index contributed by atoms with van der Waals surface area (Å²) in [7, 11) is 1.81. The number of nitrogens with one attached hydrogen (secondary N) is 1. The van der Waals surface area contributed by atoms with Crippen LogP contribution in [0, 0.1) is 6.92 Å². The Balaban J connectivity index is 1.67. The van der Waals surface area contributed by atoms with Gasteiger partial charge in [-0.2, -0.15) is 13.2 Å². The number of pyridine rings is 1. The highest BCUT2D eigenvalue weighted by atomic mass is 19.4. The number of nitrogens with zero attached hydrogens (tertiary/aromatic N) is 1. The predicted molar refractivity (Wildman–Crippen MR) is 112 cm³/mol. The number of anilines is 1. The molecule has 6 heteroatoms. The van der Waals surface area contributed by atoms with Crippen LogP contribution in [0.4, 0.5) is 18.9 Å². The minimum Gasteiger partial charge on any atom is -0.488 e. The lowest BCUT2D eigenvalue weighted by Gasteiger charge is -2.18. The fraction of sp³-hybridized carbons (Fsp3) is 0.292. The predicted octanol–water partition coefficient (Wildman–Crippen LogP) is 6.57. The Kier molecular flexibility index (Phi) is 5.41. The maximum Gasteiger partial charge on any atom is 0.419 e. The van der Waals surface area contributed by atoms with E-state index >= 15 is 0 Å². The molecule has 0 unspecified atom stereocenters. The number of alkyl halides is 3. The van der Waals surface area contributed by atoms with Crippen LogP contribution in [0.2, 0.25) is 0 Å². The van der Waals surface area contributed by atoms with Gasteiger partial charge in [-0.25, -0.2) is 0 Å². The van der Waals surface area contributed by atoms with Gasteiger partial charge < -0.3 is 10.1 Å². The van der Waals surface area contributed by atoms with Crippen LogP contribution in [0.3, 0.4) is 0 Å². The van der Waals surface area contributed by atoms with Crippen molar-refractivity contribution in [1.82, 2.24) is 4.98 Å². The van der Waals surface area contributed by atoms with E-state index in [1.165, 1.54) is 6.07 Å². The van der Waals surface area contributed by atoms with Crippen molar-refractivity contribution in [2.45, 2.75) is 38.5 Å². The summed E-state index contributed by atoms with van der Waals surface area (Å²) in [6, 6.07) is 15.3. The summed E-state index contributed by atoms with van der Waals surface area (Å²) < 4.78 is 47.1. The van der Waals surface area contributed by atoms with Crippen molar-refractivity contribution < 1.29 is 17.9 Å². The summed E-state index contributed by atoms with van der Waals surface area (Å²) in [5.41, 5.74) is 3.82. The van der Waals surface area contributed by atoms with Crippen LogP contribution >= 0.6 is 0 Å². The summed E-state index contributed by atoms with van der Waals surface area (Å²) in [5.74, 6) is 0.292. The van der Waals surface area contributed by atoms with Gasteiger partial charge in [0.15, 0.2) is 0 Å². The van der Waals surface area contributed by atoms with Gasteiger partial charge in [0.05, 0.1) is 11.3 Å². The maximum atomic E-state index is 13.8. The van der Waals surface area contributed by atoms with E-state index in [4.69, 9.17) is 4.74 Å². The number of rotatable bonds is 6. The Hall–Kier alpha value is -3.02. The highest BCUT2D eigenvalue weighted by Gasteiger charge is 2.35. The Morgan fingerprint density at radius 2 is 1.83 bits per heavy atom. The Labute approximate surface area is 173 Å². The number of aryl methyl sites for hydroxylation is 1. The maximum absolute atomic E-state index is 13.8. The summed E-state index contributed by atoms with van der Waals surface area (Å²) in [4.78, 5) is 4.33. The van der Waals surface area contributed by atoms with Crippen molar-refractivity contribution in [3.8, 4) is 17.0 Å². The van der Waals surface area contributed by atoms with Crippen molar-refractivity contribution in [2.75, 3.05) is 12.4 Å². The second-order valence-electron chi connectivity index (χ2n) is 7.56. The molecule has 1 fully saturated rings. The van der Waals surface area contributed by atoms with Gasteiger partial charge in [-0.05, 0) is 67.6 Å². The van der Waals surface area contributed by atoms with Crippen LogP contribution in [0.15, 0.2) is 54.6 Å². The van der Waals surface area contributed by atoms with E-state index in [1.54, 1.807) is 25.2 Å². The van der Waals surface area contributed by atoms with Crippen molar-refractivity contribution in [3.05, 3.63) is 77.0 Å². The summed E-state index contributed by atoms with van der Waals surface area (Å²) in [6.45, 7) is 1.89. The van der Waals surface area contributed by atoms with Gasteiger partial charge in [0.25, 0.3) is 0 Å². The Bertz CT molecular complexity index is 1060. The first-order valence-corrected chi connectivity index (χ1v) is 9.94. The number of benzene rings is 2. The monoisotopic (exact) mass is 412 g/mol. The van der Waals surface area contributed by atoms with Gasteiger partial charge in [0.1, 0.15) is 12.4 Å². The third kappa shape index (κ3) is 4.27. The normalized spacial score (nSPS) is 13.9. The fourth-order valence-corrected chi connectivity index (χ4v) is 3.67. The lowest BCUT2D eigenvalue weighted by molar-refractivity contribution is -0.139. The molecule has 1 aliphatic rings. The second-order valence-corrected chi connectivity index (χ2v) is 7.56. The Morgan fingerprint density at radius 3 is 2.50 bits per heavy atom. The second kappa shape index (κ2) is 8.01. The van der Waals surface area contributed by atoms with Crippen LogP contribution < -0.4 is 10.1 Å². The quantitative estimate of drug-likeness (QED) is 0.497. The smallest absolute Gasteiger partial charge is 0.419 e. The molecule has 1 aromatic heterocycles. The van der Waals surface area contributed by atoms with E-state index in [0.29, 0.717) is 17.2 Å². The molecule has 2 aromatic carbocycles. The minimum atomic E-state index is -4.53. The number of halogens is 3. The zero-order valence-corrected chi connectivity index (χ0v) is 16.9. The number of hydrogen-bond acceptors (Lipinski definition) is 3. The summed E-state index contributed by atoms with van der Waals surface area (Å²) in [5, 5.41) is 3.13. The van der Waals surface area contributed by atoms with E-state index < -0.39 is 11.7 Å². The van der Waals surface area contributed by atoms with Crippen LogP contribution in [-0.4, -0.2) is 12.0 Å². The first-order valence-electron chi connectivity index (χ1n) is 9.94. The van der Waals surface area contributed by atoms with E-state index in [1.807, 2.05) is 31.2 Å². The molecule has 3 aromatic rings. The average molecular weight is 412 g/mol. The molecule has 1 saturated carbocycles. The fourth-order valence-electron chi connectivity index (χ4n) is 3.67. The molecule has 0 aliphatic heterocycles. The molecule has 1 aliphatic carbocycles. The van der Waals surface area contributed by atoms with Gasteiger partial charge in [0, 0.05) is 29.6 Å². The molecule has 0 radical (unpaired) electrons. The number of ether oxygens (including phenoxy) is 1. The van der Waals surface area contributed by atoms with Crippen molar-refractivity contribution in [2.24, 2.45) is 0 Å². The van der Waals surface area contributed by atoms with Crippen LogP contribution in [0.25, 0.3) is 11.3 Å². The van der Waals surface area contributed by atoms with Crippen LogP contribution in [0.1, 0.15) is 41.1 Å². The minimum absolute atomic E-state index is 0.0773. The third-order valence-corrected chi connectivity index (χ3v) is 5.34. The van der Waals surface area contributed by atoms with Crippen molar-refractivity contribution >= 4 is 5.69 Å². The van der Waals surface area contributed by atoms with Gasteiger partial charge in [0.2, 0.25) is 0 Å². The summed E-state index contributed by atoms with van der Waals surface area (Å²) >= 11 is 0. The largest absolute Gasteiger partial charge is 0.488 e. The van der Waals surface area contributed by atoms with Crippen molar-refractivity contribution in [1.29, 1.82) is 0 Å². The Morgan fingerprint density at radius 1 is 1.07 bits per heavy atom. The number of aromatic nitrogens is 1. The van der Waals surface area contributed by atoms with Crippen molar-refractivity contribution in [3.63, 3.8) is 0 Å². The molecule has 0 atom stereocenters. The van der Waals surface area contributed by atoms with Gasteiger partial charge >= 0.3 is 6.18 Å². The first kappa shape index (κ1) is 20.3. The lowest BCUT2D eigenvalue weighted by atomic mass is 10.0. The lowest BCUT2D eigenvalue weighted by Crippen LogP contribution is -2.10. The third-order valence-electron chi connectivity index (χ3n) is 5.34. The molecule has 156 valence electrons. The van der Waals surface area contributed by atoms with E-state index in [0.717, 1.165) is 41.4 Å². The molecule has 4 rings (SSSR count). The van der Waals surface area contributed by atoms with Gasteiger partial charge in [-0.15, -0.1) is 0 Å². The topological polar surface area (TPSA) is 34.1 Å². The number of hydrogen-bond donors (Lipinski definition) is 1. The van der Waals surface area contributed by atoms with Crippen LogP contribution in [0.5, 0.6) is 5.75 Å². The van der Waals surface area contributed by atoms with E-state index in [2.05, 4.69) is 10.3 Å². The highest BCUT2D eigenvalue weighted by Crippen LogP contribution is 2.44.